The van der Waals surface area contributed by atoms with E-state index in [0.717, 1.165) is 35.2 Å². The molecule has 2 heterocycles. The maximum absolute atomic E-state index is 5.97. The van der Waals surface area contributed by atoms with E-state index < -0.39 is 0 Å². The lowest BCUT2D eigenvalue weighted by molar-refractivity contribution is 0.558. The average molecular weight is 324 g/mol. The zero-order valence-electron chi connectivity index (χ0n) is 12.8. The van der Waals surface area contributed by atoms with Crippen LogP contribution in [-0.4, -0.2) is 18.6 Å². The fraction of sp³-hybridized carbons (Fsp3) is 0.438. The van der Waals surface area contributed by atoms with E-state index >= 15 is 0 Å². The SMILES string of the molecule is CCCNC(C)c1ccc(N(C)Cc2ccc(Cl)s2)cn1. The van der Waals surface area contributed by atoms with Crippen molar-refractivity contribution in [2.24, 2.45) is 0 Å². The summed E-state index contributed by atoms with van der Waals surface area (Å²) in [6.45, 7) is 6.18. The molecule has 0 aliphatic heterocycles. The predicted molar refractivity (Wildman–Crippen MR) is 92.4 cm³/mol. The highest BCUT2D eigenvalue weighted by Crippen LogP contribution is 2.24. The van der Waals surface area contributed by atoms with E-state index in [-0.39, 0.29) is 0 Å². The Balaban J connectivity index is 1.97. The second-order valence-corrected chi connectivity index (χ2v) is 6.98. The molecule has 21 heavy (non-hydrogen) atoms. The first-order valence-electron chi connectivity index (χ1n) is 7.25. The summed E-state index contributed by atoms with van der Waals surface area (Å²) in [5.74, 6) is 0. The van der Waals surface area contributed by atoms with E-state index in [1.54, 1.807) is 11.3 Å². The van der Waals surface area contributed by atoms with Crippen LogP contribution in [0.1, 0.15) is 36.9 Å². The van der Waals surface area contributed by atoms with Crippen LogP contribution in [0, 0.1) is 0 Å². The molecule has 0 saturated heterocycles. The van der Waals surface area contributed by atoms with Gasteiger partial charge in [-0.3, -0.25) is 4.98 Å². The Hall–Kier alpha value is -1.10. The number of nitrogens with zero attached hydrogens (tertiary/aromatic N) is 2. The topological polar surface area (TPSA) is 28.2 Å². The van der Waals surface area contributed by atoms with Crippen LogP contribution in [0.15, 0.2) is 30.5 Å². The van der Waals surface area contributed by atoms with Crippen molar-refractivity contribution >= 4 is 28.6 Å². The number of rotatable bonds is 7. The zero-order valence-corrected chi connectivity index (χ0v) is 14.3. The van der Waals surface area contributed by atoms with Crippen molar-refractivity contribution in [2.75, 3.05) is 18.5 Å². The third-order valence-electron chi connectivity index (χ3n) is 3.38. The third kappa shape index (κ3) is 4.70. The van der Waals surface area contributed by atoms with Gasteiger partial charge in [0.05, 0.1) is 28.5 Å². The molecular formula is C16H22ClN3S. The second kappa shape index (κ2) is 7.78. The molecule has 3 nitrogen and oxygen atoms in total. The van der Waals surface area contributed by atoms with E-state index in [2.05, 4.69) is 54.3 Å². The van der Waals surface area contributed by atoms with Gasteiger partial charge in [-0.2, -0.15) is 0 Å². The largest absolute Gasteiger partial charge is 0.368 e. The smallest absolute Gasteiger partial charge is 0.0931 e. The van der Waals surface area contributed by atoms with Gasteiger partial charge in [-0.1, -0.05) is 18.5 Å². The molecule has 0 radical (unpaired) electrons. The number of anilines is 1. The lowest BCUT2D eigenvalue weighted by Crippen LogP contribution is -2.21. The van der Waals surface area contributed by atoms with Crippen LogP contribution >= 0.6 is 22.9 Å². The van der Waals surface area contributed by atoms with Crippen LogP contribution in [0.2, 0.25) is 4.34 Å². The van der Waals surface area contributed by atoms with Crippen LogP contribution in [0.3, 0.4) is 0 Å². The number of pyridine rings is 1. The minimum atomic E-state index is 0.292. The molecule has 114 valence electrons. The van der Waals surface area contributed by atoms with E-state index in [9.17, 15) is 0 Å². The van der Waals surface area contributed by atoms with Crippen LogP contribution < -0.4 is 10.2 Å². The first-order valence-corrected chi connectivity index (χ1v) is 8.44. The summed E-state index contributed by atoms with van der Waals surface area (Å²) >= 11 is 7.59. The minimum Gasteiger partial charge on any atom is -0.368 e. The van der Waals surface area contributed by atoms with Gasteiger partial charge in [0.15, 0.2) is 0 Å². The highest BCUT2D eigenvalue weighted by atomic mass is 35.5. The van der Waals surface area contributed by atoms with Gasteiger partial charge >= 0.3 is 0 Å². The van der Waals surface area contributed by atoms with Crippen LogP contribution in [0.25, 0.3) is 0 Å². The van der Waals surface area contributed by atoms with Crippen molar-refractivity contribution in [1.29, 1.82) is 0 Å². The van der Waals surface area contributed by atoms with Gasteiger partial charge in [0.2, 0.25) is 0 Å². The number of halogens is 1. The van der Waals surface area contributed by atoms with Gasteiger partial charge < -0.3 is 10.2 Å². The molecule has 0 fully saturated rings. The lowest BCUT2D eigenvalue weighted by atomic mass is 10.2. The number of nitrogens with one attached hydrogen (secondary N) is 1. The Bertz CT molecular complexity index is 553. The number of hydrogen-bond donors (Lipinski definition) is 1. The fourth-order valence-corrected chi connectivity index (χ4v) is 3.25. The van der Waals surface area contributed by atoms with E-state index in [0.29, 0.717) is 6.04 Å². The normalized spacial score (nSPS) is 12.4. The van der Waals surface area contributed by atoms with E-state index in [1.165, 1.54) is 4.88 Å². The Morgan fingerprint density at radius 1 is 1.33 bits per heavy atom. The first-order chi connectivity index (χ1) is 10.1. The van der Waals surface area contributed by atoms with Crippen molar-refractivity contribution in [3.8, 4) is 0 Å². The molecule has 1 N–H and O–H groups in total. The molecule has 0 aliphatic carbocycles. The minimum absolute atomic E-state index is 0.292. The van der Waals surface area contributed by atoms with Crippen molar-refractivity contribution in [3.05, 3.63) is 45.4 Å². The summed E-state index contributed by atoms with van der Waals surface area (Å²) in [7, 11) is 2.07. The quantitative estimate of drug-likeness (QED) is 0.813. The summed E-state index contributed by atoms with van der Waals surface area (Å²) in [4.78, 5) is 8.01. The summed E-state index contributed by atoms with van der Waals surface area (Å²) in [5.41, 5.74) is 2.20. The molecule has 2 aromatic rings. The second-order valence-electron chi connectivity index (χ2n) is 5.18. The summed E-state index contributed by atoms with van der Waals surface area (Å²) in [6, 6.07) is 8.53. The van der Waals surface area contributed by atoms with Crippen molar-refractivity contribution in [2.45, 2.75) is 32.9 Å². The summed E-state index contributed by atoms with van der Waals surface area (Å²) in [5, 5.41) is 3.45. The van der Waals surface area contributed by atoms with Gasteiger partial charge in [0, 0.05) is 18.0 Å². The van der Waals surface area contributed by atoms with Crippen LogP contribution in [0.4, 0.5) is 5.69 Å². The number of thiophene rings is 1. The molecule has 1 atom stereocenters. The molecule has 0 aromatic carbocycles. The highest BCUT2D eigenvalue weighted by Gasteiger charge is 2.08. The number of hydrogen-bond acceptors (Lipinski definition) is 4. The molecule has 2 aromatic heterocycles. The van der Waals surface area contributed by atoms with Crippen LogP contribution in [0.5, 0.6) is 0 Å². The van der Waals surface area contributed by atoms with Crippen molar-refractivity contribution in [1.82, 2.24) is 10.3 Å². The number of aromatic nitrogens is 1. The molecule has 2 rings (SSSR count). The molecule has 0 bridgehead atoms. The van der Waals surface area contributed by atoms with E-state index in [4.69, 9.17) is 11.6 Å². The summed E-state index contributed by atoms with van der Waals surface area (Å²) in [6.07, 6.45) is 3.07. The van der Waals surface area contributed by atoms with Crippen LogP contribution in [-0.2, 0) is 6.54 Å². The maximum atomic E-state index is 5.97. The maximum Gasteiger partial charge on any atom is 0.0931 e. The van der Waals surface area contributed by atoms with Crippen molar-refractivity contribution < 1.29 is 0 Å². The highest BCUT2D eigenvalue weighted by molar-refractivity contribution is 7.16. The van der Waals surface area contributed by atoms with Gasteiger partial charge in [-0.05, 0) is 44.2 Å². The predicted octanol–water partition coefficient (Wildman–Crippen LogP) is 4.49. The summed E-state index contributed by atoms with van der Waals surface area (Å²) < 4.78 is 0.836. The Labute approximate surface area is 136 Å². The monoisotopic (exact) mass is 323 g/mol. The third-order valence-corrected chi connectivity index (χ3v) is 4.59. The van der Waals surface area contributed by atoms with E-state index in [1.807, 2.05) is 12.3 Å². The standard InChI is InChI=1S/C16H22ClN3S/c1-4-9-18-12(2)15-7-5-13(10-19-15)20(3)11-14-6-8-16(17)21-14/h5-8,10,12,18H,4,9,11H2,1-3H3. The zero-order chi connectivity index (χ0) is 15.2. The Kier molecular flexibility index (Phi) is 6.03. The molecule has 0 saturated carbocycles. The molecule has 5 heteroatoms. The Morgan fingerprint density at radius 2 is 2.14 bits per heavy atom. The molecule has 0 aliphatic rings. The fourth-order valence-electron chi connectivity index (χ4n) is 2.11. The molecule has 0 amide bonds. The molecular weight excluding hydrogens is 302 g/mol. The Morgan fingerprint density at radius 3 is 2.71 bits per heavy atom. The lowest BCUT2D eigenvalue weighted by Gasteiger charge is -2.19. The van der Waals surface area contributed by atoms with Gasteiger partial charge in [-0.15, -0.1) is 11.3 Å². The van der Waals surface area contributed by atoms with Gasteiger partial charge in [0.1, 0.15) is 0 Å². The first kappa shape index (κ1) is 16.3. The van der Waals surface area contributed by atoms with Gasteiger partial charge in [-0.25, -0.2) is 0 Å². The van der Waals surface area contributed by atoms with Crippen molar-refractivity contribution in [3.63, 3.8) is 0 Å². The average Bonchev–Trinajstić information content (AvgIpc) is 2.90. The van der Waals surface area contributed by atoms with Gasteiger partial charge in [0.25, 0.3) is 0 Å². The molecule has 1 unspecified atom stereocenters. The molecule has 0 spiro atoms.